The summed E-state index contributed by atoms with van der Waals surface area (Å²) in [6.45, 7) is 18.6. The molecule has 346 valence electrons. The van der Waals surface area contributed by atoms with Gasteiger partial charge in [-0.25, -0.2) is 9.59 Å². The predicted octanol–water partition coefficient (Wildman–Crippen LogP) is 5.57. The molecule has 2 aromatic rings. The van der Waals surface area contributed by atoms with Gasteiger partial charge >= 0.3 is 12.2 Å². The second kappa shape index (κ2) is 27.4. The van der Waals surface area contributed by atoms with Gasteiger partial charge in [-0.2, -0.15) is 0 Å². The fourth-order valence-electron chi connectivity index (χ4n) is 6.38. The van der Waals surface area contributed by atoms with Crippen LogP contribution >= 0.6 is 0 Å². The molecule has 0 bridgehead atoms. The molecule has 0 aliphatic carbocycles. The molecule has 2 aliphatic heterocycles. The average molecular weight is 861 g/mol. The van der Waals surface area contributed by atoms with Crippen molar-refractivity contribution in [3.63, 3.8) is 0 Å². The van der Waals surface area contributed by atoms with Gasteiger partial charge in [0.25, 0.3) is 0 Å². The van der Waals surface area contributed by atoms with Gasteiger partial charge in [-0.3, -0.25) is 0 Å². The van der Waals surface area contributed by atoms with E-state index < -0.39 is 59.3 Å². The molecule has 2 aliphatic rings. The number of aldehydes is 1. The summed E-state index contributed by atoms with van der Waals surface area (Å²) in [4.78, 5) is 34.0. The Morgan fingerprint density at radius 2 is 1.11 bits per heavy atom. The Balaban J connectivity index is 0.000000353. The summed E-state index contributed by atoms with van der Waals surface area (Å²) in [7, 11) is 0. The number of amides is 2. The molecule has 0 unspecified atom stereocenters. The van der Waals surface area contributed by atoms with Crippen molar-refractivity contribution in [2.24, 2.45) is 5.73 Å². The van der Waals surface area contributed by atoms with Crippen LogP contribution in [0.5, 0.6) is 0 Å². The lowest BCUT2D eigenvalue weighted by Gasteiger charge is -2.27. The summed E-state index contributed by atoms with van der Waals surface area (Å²) in [6, 6.07) is 18.5. The summed E-state index contributed by atoms with van der Waals surface area (Å²) in [6.07, 6.45) is 4.37. The fraction of sp³-hybridized carbons (Fsp3) is 0.674. The topological polar surface area (TPSA) is 209 Å². The normalized spacial score (nSPS) is 17.6. The van der Waals surface area contributed by atoms with Crippen molar-refractivity contribution in [3.8, 4) is 0 Å². The lowest BCUT2D eigenvalue weighted by Crippen LogP contribution is -2.50. The van der Waals surface area contributed by atoms with Gasteiger partial charge in [0.1, 0.15) is 17.5 Å². The van der Waals surface area contributed by atoms with Gasteiger partial charge in [-0.05, 0) is 105 Å². The van der Waals surface area contributed by atoms with Crippen LogP contribution in [0.25, 0.3) is 0 Å². The van der Waals surface area contributed by atoms with Gasteiger partial charge in [0, 0.05) is 32.4 Å². The van der Waals surface area contributed by atoms with E-state index in [4.69, 9.17) is 34.2 Å². The predicted molar refractivity (Wildman–Crippen MR) is 235 cm³/mol. The third-order valence-corrected chi connectivity index (χ3v) is 9.51. The molecule has 7 N–H and O–H groups in total. The third kappa shape index (κ3) is 24.5. The zero-order valence-electron chi connectivity index (χ0n) is 37.9. The number of rotatable bonds is 20. The highest BCUT2D eigenvalue weighted by Gasteiger charge is 2.31. The van der Waals surface area contributed by atoms with E-state index in [0.29, 0.717) is 52.2 Å². The van der Waals surface area contributed by atoms with E-state index in [1.807, 2.05) is 95.3 Å². The number of ether oxygens (including phenoxy) is 6. The molecule has 15 heteroatoms. The van der Waals surface area contributed by atoms with Crippen LogP contribution < -0.4 is 21.7 Å². The SMILES string of the molecule is CC(C)(C)OC(=O)N[C@@H](Cc1ccccc1)[C@H](O)CN.CC(C)(C)OC(=O)N[C@@H](Cc1ccccc1)[C@H](O)CNCCCCC1(C)OCCO1.CC1(CCCC=O)OCCO1. The van der Waals surface area contributed by atoms with E-state index in [9.17, 15) is 24.6 Å². The van der Waals surface area contributed by atoms with Gasteiger partial charge in [-0.1, -0.05) is 60.7 Å². The Labute approximate surface area is 364 Å². The van der Waals surface area contributed by atoms with Gasteiger partial charge < -0.3 is 65.1 Å². The molecule has 2 aromatic carbocycles. The summed E-state index contributed by atoms with van der Waals surface area (Å²) in [5.74, 6) is -0.860. The molecular weight excluding hydrogens is 785 g/mol. The molecular formula is C46H76N4O11. The second-order valence-electron chi connectivity index (χ2n) is 17.6. The summed E-state index contributed by atoms with van der Waals surface area (Å²) in [5.41, 5.74) is 6.38. The van der Waals surface area contributed by atoms with Crippen molar-refractivity contribution in [1.29, 1.82) is 0 Å². The van der Waals surface area contributed by atoms with E-state index in [-0.39, 0.29) is 6.54 Å². The molecule has 0 radical (unpaired) electrons. The van der Waals surface area contributed by atoms with Crippen molar-refractivity contribution < 1.29 is 53.0 Å². The lowest BCUT2D eigenvalue weighted by molar-refractivity contribution is -0.148. The molecule has 2 fully saturated rings. The van der Waals surface area contributed by atoms with Crippen molar-refractivity contribution in [1.82, 2.24) is 16.0 Å². The molecule has 2 saturated heterocycles. The molecule has 15 nitrogen and oxygen atoms in total. The van der Waals surface area contributed by atoms with Gasteiger partial charge in [0.15, 0.2) is 11.6 Å². The molecule has 0 saturated carbocycles. The van der Waals surface area contributed by atoms with Gasteiger partial charge in [0.05, 0.1) is 50.7 Å². The zero-order valence-corrected chi connectivity index (χ0v) is 37.9. The van der Waals surface area contributed by atoms with Crippen LogP contribution in [0.2, 0.25) is 0 Å². The van der Waals surface area contributed by atoms with Crippen molar-refractivity contribution in [2.75, 3.05) is 46.1 Å². The maximum Gasteiger partial charge on any atom is 0.407 e. The summed E-state index contributed by atoms with van der Waals surface area (Å²) >= 11 is 0. The first kappa shape index (κ1) is 53.5. The van der Waals surface area contributed by atoms with Crippen LogP contribution in [0.4, 0.5) is 9.59 Å². The first-order valence-electron chi connectivity index (χ1n) is 21.6. The number of unbranched alkanes of at least 4 members (excludes halogenated alkanes) is 2. The van der Waals surface area contributed by atoms with Crippen molar-refractivity contribution >= 4 is 18.5 Å². The van der Waals surface area contributed by atoms with Crippen molar-refractivity contribution in [2.45, 2.75) is 154 Å². The maximum atomic E-state index is 12.2. The van der Waals surface area contributed by atoms with Crippen LogP contribution in [0.15, 0.2) is 60.7 Å². The number of nitrogens with two attached hydrogens (primary N) is 1. The summed E-state index contributed by atoms with van der Waals surface area (Å²) < 4.78 is 32.5. The Kier molecular flexibility index (Phi) is 24.0. The largest absolute Gasteiger partial charge is 0.444 e. The Hall–Kier alpha value is -3.67. The minimum Gasteiger partial charge on any atom is -0.444 e. The lowest BCUT2D eigenvalue weighted by atomic mass is 10.0. The number of aliphatic hydroxyl groups excluding tert-OH is 2. The standard InChI is InChI=1S/C23H38N2O5.C15H24N2O3.C8H14O3/c1-22(2,3)30-21(27)25-19(16-18-10-6-5-7-11-18)20(26)17-24-13-9-8-12-23(4)28-14-15-29-23;1-15(2,3)20-14(19)17-12(13(18)10-16)9-11-7-5-4-6-8-11;1-8(4-2-3-5-9)10-6-7-11-8/h5-7,10-11,19-20,24,26H,8-9,12-17H2,1-4H3,(H,25,27);4-8,12-13,18H,9-10,16H2,1-3H3,(H,17,19);5H,2-4,6-7H2,1H3/t19-,20+;12-,13+;/m00./s1. The number of benzene rings is 2. The van der Waals surface area contributed by atoms with Crippen molar-refractivity contribution in [3.05, 3.63) is 71.8 Å². The molecule has 61 heavy (non-hydrogen) atoms. The molecule has 4 atom stereocenters. The average Bonchev–Trinajstić information content (AvgIpc) is 3.83. The number of carbonyl (C=O) groups excluding carboxylic acids is 3. The summed E-state index contributed by atoms with van der Waals surface area (Å²) in [5, 5.41) is 29.4. The minimum absolute atomic E-state index is 0.0767. The monoisotopic (exact) mass is 861 g/mol. The first-order valence-corrected chi connectivity index (χ1v) is 21.6. The fourth-order valence-corrected chi connectivity index (χ4v) is 6.38. The highest BCUT2D eigenvalue weighted by Crippen LogP contribution is 2.25. The van der Waals surface area contributed by atoms with E-state index in [1.165, 1.54) is 0 Å². The molecule has 0 aromatic heterocycles. The number of carbonyl (C=O) groups is 3. The third-order valence-electron chi connectivity index (χ3n) is 9.51. The minimum atomic E-state index is -0.817. The molecule has 2 heterocycles. The number of aliphatic hydroxyl groups is 2. The Morgan fingerprint density at radius 1 is 0.705 bits per heavy atom. The molecule has 4 rings (SSSR count). The Morgan fingerprint density at radius 3 is 1.51 bits per heavy atom. The quantitative estimate of drug-likeness (QED) is 0.0712. The van der Waals surface area contributed by atoms with Crippen LogP contribution in [0.3, 0.4) is 0 Å². The van der Waals surface area contributed by atoms with Gasteiger partial charge in [0.2, 0.25) is 0 Å². The van der Waals surface area contributed by atoms with Crippen LogP contribution in [-0.2, 0) is 46.1 Å². The van der Waals surface area contributed by atoms with E-state index in [2.05, 4.69) is 16.0 Å². The van der Waals surface area contributed by atoms with Crippen LogP contribution in [0, 0.1) is 0 Å². The zero-order chi connectivity index (χ0) is 45.4. The first-order chi connectivity index (χ1) is 28.8. The Bertz CT molecular complexity index is 1490. The highest BCUT2D eigenvalue weighted by molar-refractivity contribution is 5.68. The van der Waals surface area contributed by atoms with E-state index in [1.54, 1.807) is 20.8 Å². The number of nitrogens with one attached hydrogen (secondary N) is 3. The van der Waals surface area contributed by atoms with E-state index >= 15 is 0 Å². The number of hydrogen-bond acceptors (Lipinski definition) is 13. The van der Waals surface area contributed by atoms with Gasteiger partial charge in [-0.15, -0.1) is 0 Å². The molecule has 0 spiro atoms. The number of alkyl carbamates (subject to hydrolysis) is 2. The maximum absolute atomic E-state index is 12.2. The van der Waals surface area contributed by atoms with E-state index in [0.717, 1.165) is 56.1 Å². The number of hydrogen-bond donors (Lipinski definition) is 6. The molecule has 2 amide bonds. The second-order valence-corrected chi connectivity index (χ2v) is 17.6. The van der Waals surface area contributed by atoms with Crippen LogP contribution in [-0.4, -0.2) is 122 Å². The van der Waals surface area contributed by atoms with Crippen LogP contribution in [0.1, 0.15) is 105 Å². The highest BCUT2D eigenvalue weighted by atomic mass is 16.7. The smallest absolute Gasteiger partial charge is 0.407 e.